The zero-order valence-electron chi connectivity index (χ0n) is 11.2. The van der Waals surface area contributed by atoms with Crippen molar-refractivity contribution in [3.05, 3.63) is 0 Å². The van der Waals surface area contributed by atoms with Gasteiger partial charge in [-0.05, 0) is 30.6 Å². The third-order valence-electron chi connectivity index (χ3n) is 3.51. The number of methoxy groups -OCH3 is 1. The minimum absolute atomic E-state index is 0.139. The summed E-state index contributed by atoms with van der Waals surface area (Å²) in [7, 11) is 1.46. The summed E-state index contributed by atoms with van der Waals surface area (Å²) in [5.41, 5.74) is 0.412. The molecule has 3 nitrogen and oxygen atoms in total. The Morgan fingerprint density at radius 2 is 2.06 bits per heavy atom. The molecule has 0 amide bonds. The Kier molecular flexibility index (Phi) is 4.36. The highest BCUT2D eigenvalue weighted by Crippen LogP contribution is 2.37. The van der Waals surface area contributed by atoms with Gasteiger partial charge in [-0.3, -0.25) is 4.79 Å². The average Bonchev–Trinajstić information content (AvgIpc) is 2.53. The zero-order chi connectivity index (χ0) is 12.3. The van der Waals surface area contributed by atoms with Crippen molar-refractivity contribution in [1.29, 1.82) is 0 Å². The lowest BCUT2D eigenvalue weighted by Crippen LogP contribution is -2.46. The van der Waals surface area contributed by atoms with E-state index in [9.17, 15) is 4.79 Å². The average molecular weight is 227 g/mol. The van der Waals surface area contributed by atoms with Gasteiger partial charge >= 0.3 is 5.97 Å². The quantitative estimate of drug-likeness (QED) is 0.749. The monoisotopic (exact) mass is 227 g/mol. The van der Waals surface area contributed by atoms with Crippen LogP contribution in [0.5, 0.6) is 0 Å². The molecule has 0 radical (unpaired) electrons. The topological polar surface area (TPSA) is 38.3 Å². The molecule has 0 aromatic heterocycles. The molecule has 16 heavy (non-hydrogen) atoms. The molecular formula is C13H25NO2. The maximum Gasteiger partial charge on any atom is 0.323 e. The summed E-state index contributed by atoms with van der Waals surface area (Å²) in [6.45, 7) is 8.68. The fourth-order valence-corrected chi connectivity index (χ4v) is 2.49. The van der Waals surface area contributed by atoms with Gasteiger partial charge in [0, 0.05) is 6.04 Å². The van der Waals surface area contributed by atoms with Crippen molar-refractivity contribution in [2.45, 2.75) is 59.0 Å². The van der Waals surface area contributed by atoms with Crippen molar-refractivity contribution in [2.24, 2.45) is 11.3 Å². The standard InChI is InChI=1S/C13H25NO2/c1-9(2)11(12(15)16-5)14-10-6-7-13(3,4)8-10/h9-11,14H,6-8H2,1-5H3/t10?,11-/m0/s1. The molecule has 1 N–H and O–H groups in total. The molecule has 1 rings (SSSR count). The molecule has 0 spiro atoms. The Morgan fingerprint density at radius 1 is 1.44 bits per heavy atom. The van der Waals surface area contributed by atoms with Crippen LogP contribution in [0.25, 0.3) is 0 Å². The number of carbonyl (C=O) groups excluding carboxylic acids is 1. The van der Waals surface area contributed by atoms with Crippen LogP contribution < -0.4 is 5.32 Å². The van der Waals surface area contributed by atoms with Gasteiger partial charge in [-0.15, -0.1) is 0 Å². The van der Waals surface area contributed by atoms with E-state index in [1.807, 2.05) is 0 Å². The Morgan fingerprint density at radius 3 is 2.44 bits per heavy atom. The highest BCUT2D eigenvalue weighted by molar-refractivity contribution is 5.75. The van der Waals surface area contributed by atoms with Crippen molar-refractivity contribution < 1.29 is 9.53 Å². The summed E-state index contributed by atoms with van der Waals surface area (Å²) in [4.78, 5) is 11.6. The number of esters is 1. The largest absolute Gasteiger partial charge is 0.468 e. The van der Waals surface area contributed by atoms with E-state index in [-0.39, 0.29) is 17.9 Å². The van der Waals surface area contributed by atoms with Gasteiger partial charge in [0.25, 0.3) is 0 Å². The lowest BCUT2D eigenvalue weighted by atomic mass is 9.91. The van der Waals surface area contributed by atoms with Gasteiger partial charge in [0.05, 0.1) is 7.11 Å². The van der Waals surface area contributed by atoms with Crippen molar-refractivity contribution in [1.82, 2.24) is 5.32 Å². The van der Waals surface area contributed by atoms with Crippen molar-refractivity contribution in [2.75, 3.05) is 7.11 Å². The number of rotatable bonds is 4. The number of hydrogen-bond acceptors (Lipinski definition) is 3. The van der Waals surface area contributed by atoms with Crippen molar-refractivity contribution in [3.63, 3.8) is 0 Å². The predicted molar refractivity (Wildman–Crippen MR) is 65.2 cm³/mol. The molecule has 0 bridgehead atoms. The van der Waals surface area contributed by atoms with Gasteiger partial charge in [0.1, 0.15) is 6.04 Å². The van der Waals surface area contributed by atoms with Crippen LogP contribution in [0.1, 0.15) is 47.0 Å². The summed E-state index contributed by atoms with van der Waals surface area (Å²) in [5.74, 6) is 0.135. The fraction of sp³-hybridized carbons (Fsp3) is 0.923. The zero-order valence-corrected chi connectivity index (χ0v) is 11.2. The number of hydrogen-bond donors (Lipinski definition) is 1. The molecule has 3 heteroatoms. The van der Waals surface area contributed by atoms with Crippen LogP contribution in [0, 0.1) is 11.3 Å². The molecule has 2 atom stereocenters. The molecule has 1 saturated carbocycles. The van der Waals surface area contributed by atoms with E-state index in [1.165, 1.54) is 13.5 Å². The molecule has 0 saturated heterocycles. The normalized spacial score (nSPS) is 25.8. The maximum atomic E-state index is 11.6. The van der Waals surface area contributed by atoms with E-state index >= 15 is 0 Å². The molecule has 1 fully saturated rings. The molecule has 0 heterocycles. The van der Waals surface area contributed by atoms with Crippen LogP contribution in [0.3, 0.4) is 0 Å². The van der Waals surface area contributed by atoms with E-state index in [2.05, 4.69) is 33.0 Å². The SMILES string of the molecule is COC(=O)[C@@H](NC1CCC(C)(C)C1)C(C)C. The van der Waals surface area contributed by atoms with E-state index in [0.717, 1.165) is 12.8 Å². The Balaban J connectivity index is 2.53. The summed E-state index contributed by atoms with van der Waals surface area (Å²) in [6, 6.07) is 0.297. The molecule has 1 aliphatic rings. The highest BCUT2D eigenvalue weighted by atomic mass is 16.5. The Bertz CT molecular complexity index is 248. The molecule has 0 aliphatic heterocycles. The molecule has 0 aromatic carbocycles. The second kappa shape index (κ2) is 5.17. The summed E-state index contributed by atoms with van der Waals surface area (Å²) in [5, 5.41) is 3.45. The van der Waals surface area contributed by atoms with Crippen molar-refractivity contribution in [3.8, 4) is 0 Å². The first kappa shape index (κ1) is 13.5. The molecule has 0 aromatic rings. The molecular weight excluding hydrogens is 202 g/mol. The molecule has 94 valence electrons. The van der Waals surface area contributed by atoms with Gasteiger partial charge in [0.15, 0.2) is 0 Å². The summed E-state index contributed by atoms with van der Waals surface area (Å²) < 4.78 is 4.83. The fourth-order valence-electron chi connectivity index (χ4n) is 2.49. The summed E-state index contributed by atoms with van der Waals surface area (Å²) in [6.07, 6.45) is 3.54. The predicted octanol–water partition coefficient (Wildman–Crippen LogP) is 2.35. The van der Waals surface area contributed by atoms with Crippen LogP contribution in [0.15, 0.2) is 0 Å². The van der Waals surface area contributed by atoms with Gasteiger partial charge in [-0.25, -0.2) is 0 Å². The van der Waals surface area contributed by atoms with Crippen LogP contribution in [-0.4, -0.2) is 25.2 Å². The Hall–Kier alpha value is -0.570. The first-order valence-corrected chi connectivity index (χ1v) is 6.19. The van der Waals surface area contributed by atoms with Crippen LogP contribution in [-0.2, 0) is 9.53 Å². The first-order valence-electron chi connectivity index (χ1n) is 6.19. The third kappa shape index (κ3) is 3.48. The van der Waals surface area contributed by atoms with E-state index in [4.69, 9.17) is 4.74 Å². The van der Waals surface area contributed by atoms with Crippen molar-refractivity contribution >= 4 is 5.97 Å². The highest BCUT2D eigenvalue weighted by Gasteiger charge is 2.34. The minimum atomic E-state index is -0.163. The molecule has 1 unspecified atom stereocenters. The van der Waals surface area contributed by atoms with Gasteiger partial charge in [0.2, 0.25) is 0 Å². The second-order valence-electron chi connectivity index (χ2n) is 6.02. The van der Waals surface area contributed by atoms with E-state index in [0.29, 0.717) is 11.5 Å². The van der Waals surface area contributed by atoms with E-state index in [1.54, 1.807) is 0 Å². The Labute approximate surface area is 98.9 Å². The maximum absolute atomic E-state index is 11.6. The number of carbonyl (C=O) groups is 1. The van der Waals surface area contributed by atoms with E-state index < -0.39 is 0 Å². The number of nitrogens with one attached hydrogen (secondary N) is 1. The number of ether oxygens (including phenoxy) is 1. The molecule has 1 aliphatic carbocycles. The van der Waals surface area contributed by atoms with Crippen LogP contribution >= 0.6 is 0 Å². The van der Waals surface area contributed by atoms with Gasteiger partial charge < -0.3 is 10.1 Å². The van der Waals surface area contributed by atoms with Crippen LogP contribution in [0.4, 0.5) is 0 Å². The van der Waals surface area contributed by atoms with Crippen LogP contribution in [0.2, 0.25) is 0 Å². The van der Waals surface area contributed by atoms with Gasteiger partial charge in [-0.2, -0.15) is 0 Å². The second-order valence-corrected chi connectivity index (χ2v) is 6.02. The lowest BCUT2D eigenvalue weighted by molar-refractivity contribution is -0.144. The minimum Gasteiger partial charge on any atom is -0.468 e. The first-order chi connectivity index (χ1) is 7.35. The smallest absolute Gasteiger partial charge is 0.323 e. The van der Waals surface area contributed by atoms with Gasteiger partial charge in [-0.1, -0.05) is 27.7 Å². The lowest BCUT2D eigenvalue weighted by Gasteiger charge is -2.25. The summed E-state index contributed by atoms with van der Waals surface area (Å²) >= 11 is 0. The third-order valence-corrected chi connectivity index (χ3v) is 3.51.